The second kappa shape index (κ2) is 11.2. The first-order valence-corrected chi connectivity index (χ1v) is 10.5. The Morgan fingerprint density at radius 1 is 1.07 bits per heavy atom. The van der Waals surface area contributed by atoms with Gasteiger partial charge in [-0.25, -0.2) is 9.98 Å². The maximum atomic E-state index is 6.16. The quantitative estimate of drug-likeness (QED) is 0.277. The number of nitrogens with two attached hydrogens (primary N) is 1. The van der Waals surface area contributed by atoms with Crippen LogP contribution in [0.1, 0.15) is 43.2 Å². The maximum Gasteiger partial charge on any atom is 0.189 e. The van der Waals surface area contributed by atoms with Crippen molar-refractivity contribution in [1.29, 1.82) is 0 Å². The Hall–Kier alpha value is -2.35. The fourth-order valence-corrected chi connectivity index (χ4v) is 3.99. The molecule has 3 N–H and O–H groups in total. The summed E-state index contributed by atoms with van der Waals surface area (Å²) in [6.45, 7) is 1.41. The molecule has 0 atom stereocenters. The summed E-state index contributed by atoms with van der Waals surface area (Å²) in [4.78, 5) is 8.72. The lowest BCUT2D eigenvalue weighted by Crippen LogP contribution is -2.41. The average molecular weight is 515 g/mol. The van der Waals surface area contributed by atoms with Gasteiger partial charge in [0.05, 0.1) is 12.9 Å². The lowest BCUT2D eigenvalue weighted by molar-refractivity contribution is 0.412. The van der Waals surface area contributed by atoms with Crippen molar-refractivity contribution in [2.75, 3.05) is 0 Å². The summed E-state index contributed by atoms with van der Waals surface area (Å²) in [6.07, 6.45) is 11.9. The van der Waals surface area contributed by atoms with E-state index in [-0.39, 0.29) is 24.0 Å². The summed E-state index contributed by atoms with van der Waals surface area (Å²) < 4.78 is 2.07. The first kappa shape index (κ1) is 22.3. The highest BCUT2D eigenvalue weighted by Gasteiger charge is 2.13. The molecule has 6 heteroatoms. The van der Waals surface area contributed by atoms with Crippen molar-refractivity contribution >= 4 is 29.9 Å². The molecule has 1 aliphatic carbocycles. The van der Waals surface area contributed by atoms with E-state index in [2.05, 4.69) is 68.4 Å². The van der Waals surface area contributed by atoms with E-state index in [1.54, 1.807) is 6.20 Å². The molecular formula is C24H30IN5. The van der Waals surface area contributed by atoms with Gasteiger partial charge in [0.25, 0.3) is 0 Å². The Morgan fingerprint density at radius 2 is 1.83 bits per heavy atom. The molecule has 1 aromatic heterocycles. The molecule has 0 aliphatic heterocycles. The van der Waals surface area contributed by atoms with Crippen molar-refractivity contribution in [3.63, 3.8) is 0 Å². The van der Waals surface area contributed by atoms with Crippen molar-refractivity contribution in [3.05, 3.63) is 78.4 Å². The van der Waals surface area contributed by atoms with E-state index in [0.29, 0.717) is 18.5 Å². The fourth-order valence-electron chi connectivity index (χ4n) is 3.99. The molecule has 1 heterocycles. The van der Waals surface area contributed by atoms with E-state index in [1.807, 2.05) is 12.5 Å². The van der Waals surface area contributed by atoms with Crippen LogP contribution in [0, 0.1) is 0 Å². The number of aliphatic imine (C=N–C) groups is 1. The van der Waals surface area contributed by atoms with E-state index in [9.17, 15) is 0 Å². The van der Waals surface area contributed by atoms with Crippen LogP contribution in [0.4, 0.5) is 0 Å². The Labute approximate surface area is 195 Å². The van der Waals surface area contributed by atoms with Crippen LogP contribution in [0.25, 0.3) is 11.1 Å². The fraction of sp³-hybridized carbons (Fsp3) is 0.333. The lowest BCUT2D eigenvalue weighted by Gasteiger charge is -2.23. The van der Waals surface area contributed by atoms with E-state index in [1.165, 1.54) is 54.4 Å². The van der Waals surface area contributed by atoms with Crippen LogP contribution in [0.3, 0.4) is 0 Å². The number of aromatic nitrogens is 2. The molecule has 0 unspecified atom stereocenters. The number of nitrogens with one attached hydrogen (secondary N) is 1. The highest BCUT2D eigenvalue weighted by Crippen LogP contribution is 2.25. The number of benzene rings is 2. The van der Waals surface area contributed by atoms with Gasteiger partial charge in [-0.1, -0.05) is 67.8 Å². The molecule has 0 radical (unpaired) electrons. The van der Waals surface area contributed by atoms with Crippen molar-refractivity contribution in [2.24, 2.45) is 10.7 Å². The number of halogens is 1. The van der Waals surface area contributed by atoms with Gasteiger partial charge in [0.1, 0.15) is 0 Å². The third-order valence-corrected chi connectivity index (χ3v) is 5.58. The molecule has 4 rings (SSSR count). The first-order chi connectivity index (χ1) is 14.3. The topological polar surface area (TPSA) is 68.2 Å². The largest absolute Gasteiger partial charge is 0.370 e. The number of rotatable bonds is 6. The molecule has 0 saturated heterocycles. The van der Waals surface area contributed by atoms with Crippen LogP contribution < -0.4 is 11.1 Å². The zero-order valence-electron chi connectivity index (χ0n) is 17.2. The average Bonchev–Trinajstić information content (AvgIpc) is 3.27. The second-order valence-electron chi connectivity index (χ2n) is 7.77. The van der Waals surface area contributed by atoms with Crippen LogP contribution in [-0.4, -0.2) is 21.6 Å². The predicted molar refractivity (Wildman–Crippen MR) is 134 cm³/mol. The molecular weight excluding hydrogens is 485 g/mol. The van der Waals surface area contributed by atoms with Crippen molar-refractivity contribution in [3.8, 4) is 11.1 Å². The number of hydrogen-bond donors (Lipinski definition) is 2. The monoisotopic (exact) mass is 515 g/mol. The zero-order valence-corrected chi connectivity index (χ0v) is 19.5. The zero-order chi connectivity index (χ0) is 19.9. The molecule has 158 valence electrons. The van der Waals surface area contributed by atoms with Crippen molar-refractivity contribution in [2.45, 2.75) is 51.2 Å². The van der Waals surface area contributed by atoms with E-state index < -0.39 is 0 Å². The van der Waals surface area contributed by atoms with Gasteiger partial charge in [-0.15, -0.1) is 24.0 Å². The normalized spacial score (nSPS) is 14.9. The molecule has 5 nitrogen and oxygen atoms in total. The Balaban J connectivity index is 0.00000256. The second-order valence-corrected chi connectivity index (χ2v) is 7.77. The SMILES string of the molecule is I.NC(=NCc1ccccc1-c1ccc(Cn2ccnc2)cc1)NC1CCCCC1. The standard InChI is InChI=1S/C24H29N5.HI/c25-24(28-22-7-2-1-3-8-22)27-16-21-6-4-5-9-23(21)20-12-10-19(11-13-20)17-29-15-14-26-18-29;/h4-6,9-15,18,22H,1-3,7-8,16-17H2,(H3,25,27,28);1H. The number of hydrogen-bond acceptors (Lipinski definition) is 2. The molecule has 3 aromatic rings. The van der Waals surface area contributed by atoms with Gasteiger partial charge in [-0.05, 0) is 35.1 Å². The van der Waals surface area contributed by atoms with Crippen LogP contribution in [0.2, 0.25) is 0 Å². The molecule has 1 aliphatic rings. The molecule has 2 aromatic carbocycles. The molecule has 1 saturated carbocycles. The molecule has 1 fully saturated rings. The minimum Gasteiger partial charge on any atom is -0.370 e. The van der Waals surface area contributed by atoms with Gasteiger partial charge in [0.2, 0.25) is 0 Å². The van der Waals surface area contributed by atoms with Gasteiger partial charge >= 0.3 is 0 Å². The molecule has 30 heavy (non-hydrogen) atoms. The Morgan fingerprint density at radius 3 is 2.57 bits per heavy atom. The van der Waals surface area contributed by atoms with Gasteiger partial charge in [-0.2, -0.15) is 0 Å². The van der Waals surface area contributed by atoms with E-state index in [4.69, 9.17) is 5.73 Å². The predicted octanol–water partition coefficient (Wildman–Crippen LogP) is 4.95. The van der Waals surface area contributed by atoms with Gasteiger partial charge in [0, 0.05) is 25.0 Å². The van der Waals surface area contributed by atoms with Crippen LogP contribution in [0.5, 0.6) is 0 Å². The minimum atomic E-state index is 0. The Kier molecular flexibility index (Phi) is 8.30. The number of nitrogens with zero attached hydrogens (tertiary/aromatic N) is 3. The summed E-state index contributed by atoms with van der Waals surface area (Å²) in [6, 6.07) is 17.6. The number of imidazole rings is 1. The van der Waals surface area contributed by atoms with Gasteiger partial charge in [-0.3, -0.25) is 0 Å². The van der Waals surface area contributed by atoms with E-state index >= 15 is 0 Å². The minimum absolute atomic E-state index is 0. The van der Waals surface area contributed by atoms with Gasteiger partial charge in [0.15, 0.2) is 5.96 Å². The highest BCUT2D eigenvalue weighted by molar-refractivity contribution is 14.0. The summed E-state index contributed by atoms with van der Waals surface area (Å²) in [5, 5.41) is 3.40. The molecule has 0 bridgehead atoms. The third kappa shape index (κ3) is 6.08. The molecule has 0 spiro atoms. The van der Waals surface area contributed by atoms with Gasteiger partial charge < -0.3 is 15.6 Å². The summed E-state index contributed by atoms with van der Waals surface area (Å²) in [5.74, 6) is 0.558. The van der Waals surface area contributed by atoms with E-state index in [0.717, 1.165) is 6.54 Å². The maximum absolute atomic E-state index is 6.16. The third-order valence-electron chi connectivity index (χ3n) is 5.58. The van der Waals surface area contributed by atoms with Crippen LogP contribution in [0.15, 0.2) is 72.2 Å². The number of guanidine groups is 1. The highest BCUT2D eigenvalue weighted by atomic mass is 127. The Bertz CT molecular complexity index is 928. The first-order valence-electron chi connectivity index (χ1n) is 10.5. The summed E-state index contributed by atoms with van der Waals surface area (Å²) in [7, 11) is 0. The van der Waals surface area contributed by atoms with Crippen molar-refractivity contribution in [1.82, 2.24) is 14.9 Å². The summed E-state index contributed by atoms with van der Waals surface area (Å²) in [5.41, 5.74) is 11.0. The molecule has 0 amide bonds. The van der Waals surface area contributed by atoms with Crippen molar-refractivity contribution < 1.29 is 0 Å². The smallest absolute Gasteiger partial charge is 0.189 e. The van der Waals surface area contributed by atoms with Crippen LogP contribution >= 0.6 is 24.0 Å². The summed E-state index contributed by atoms with van der Waals surface area (Å²) >= 11 is 0. The van der Waals surface area contributed by atoms with Crippen LogP contribution in [-0.2, 0) is 13.1 Å². The lowest BCUT2D eigenvalue weighted by atomic mass is 9.96.